The van der Waals surface area contributed by atoms with Crippen LogP contribution in [0.3, 0.4) is 0 Å². The van der Waals surface area contributed by atoms with Crippen molar-refractivity contribution in [3.63, 3.8) is 0 Å². The number of carbonyl (C=O) groups is 2. The Morgan fingerprint density at radius 1 is 0.880 bits per heavy atom. The van der Waals surface area contributed by atoms with Crippen molar-refractivity contribution in [2.45, 2.75) is 57.0 Å². The summed E-state index contributed by atoms with van der Waals surface area (Å²) in [4.78, 5) is 26.8. The minimum atomic E-state index is -0.0946. The molecule has 2 aliphatic heterocycles. The molecule has 25 heavy (non-hydrogen) atoms. The van der Waals surface area contributed by atoms with Crippen molar-refractivity contribution in [1.29, 1.82) is 0 Å². The molecule has 1 N–H and O–H groups in total. The molecule has 4 heteroatoms. The van der Waals surface area contributed by atoms with Crippen LogP contribution < -0.4 is 5.32 Å². The molecule has 0 bridgehead atoms. The highest BCUT2D eigenvalue weighted by atomic mass is 16.2. The van der Waals surface area contributed by atoms with Crippen molar-refractivity contribution >= 4 is 11.8 Å². The number of hydrogen-bond acceptors (Lipinski definition) is 3. The molecule has 1 aromatic carbocycles. The second-order valence-electron chi connectivity index (χ2n) is 8.44. The Balaban J connectivity index is 1.30. The molecule has 2 saturated carbocycles. The van der Waals surface area contributed by atoms with Crippen LogP contribution in [0.5, 0.6) is 0 Å². The number of imide groups is 1. The fourth-order valence-corrected chi connectivity index (χ4v) is 5.96. The van der Waals surface area contributed by atoms with Crippen LogP contribution in [0, 0.1) is 17.8 Å². The lowest BCUT2D eigenvalue weighted by atomic mass is 9.70. The van der Waals surface area contributed by atoms with Crippen LogP contribution in [0.4, 0.5) is 0 Å². The number of fused-ring (bicyclic) bond motifs is 4. The lowest BCUT2D eigenvalue weighted by Gasteiger charge is -2.36. The maximum atomic E-state index is 12.6. The summed E-state index contributed by atoms with van der Waals surface area (Å²) in [5.41, 5.74) is 1.16. The van der Waals surface area contributed by atoms with Gasteiger partial charge in [-0.05, 0) is 62.0 Å². The number of hydrogen-bond donors (Lipinski definition) is 1. The van der Waals surface area contributed by atoms with E-state index in [1.54, 1.807) is 12.1 Å². The maximum Gasteiger partial charge on any atom is 0.261 e. The zero-order valence-corrected chi connectivity index (χ0v) is 14.6. The molecule has 3 fully saturated rings. The van der Waals surface area contributed by atoms with Gasteiger partial charge in [-0.3, -0.25) is 14.5 Å². The monoisotopic (exact) mass is 338 g/mol. The number of carbonyl (C=O) groups excluding carboxylic acids is 2. The van der Waals surface area contributed by atoms with Crippen LogP contribution in [0.15, 0.2) is 24.3 Å². The zero-order chi connectivity index (χ0) is 17.0. The number of nitrogens with zero attached hydrogens (tertiary/aromatic N) is 1. The highest BCUT2D eigenvalue weighted by Crippen LogP contribution is 2.45. The lowest BCUT2D eigenvalue weighted by Crippen LogP contribution is -2.40. The van der Waals surface area contributed by atoms with Crippen LogP contribution in [-0.4, -0.2) is 35.3 Å². The first-order chi connectivity index (χ1) is 12.2. The molecule has 5 rings (SSSR count). The van der Waals surface area contributed by atoms with Crippen LogP contribution in [-0.2, 0) is 0 Å². The number of nitrogens with one attached hydrogen (secondary N) is 1. The van der Waals surface area contributed by atoms with E-state index in [4.69, 9.17) is 0 Å². The van der Waals surface area contributed by atoms with Gasteiger partial charge in [-0.1, -0.05) is 25.0 Å². The minimum Gasteiger partial charge on any atom is -0.311 e. The summed E-state index contributed by atoms with van der Waals surface area (Å²) in [7, 11) is 0. The second-order valence-corrected chi connectivity index (χ2v) is 8.44. The second kappa shape index (κ2) is 5.94. The summed E-state index contributed by atoms with van der Waals surface area (Å²) in [6.07, 6.45) is 8.93. The van der Waals surface area contributed by atoms with Crippen molar-refractivity contribution in [2.24, 2.45) is 17.8 Å². The van der Waals surface area contributed by atoms with Gasteiger partial charge in [-0.25, -0.2) is 0 Å². The molecule has 0 spiro atoms. The van der Waals surface area contributed by atoms with Gasteiger partial charge >= 0.3 is 0 Å². The van der Waals surface area contributed by atoms with E-state index < -0.39 is 0 Å². The summed E-state index contributed by atoms with van der Waals surface area (Å²) in [6.45, 7) is 0.604. The predicted octanol–water partition coefficient (Wildman–Crippen LogP) is 3.23. The van der Waals surface area contributed by atoms with E-state index in [0.717, 1.165) is 24.3 Å². The van der Waals surface area contributed by atoms with E-state index in [2.05, 4.69) is 5.32 Å². The van der Waals surface area contributed by atoms with E-state index in [0.29, 0.717) is 29.6 Å². The van der Waals surface area contributed by atoms with Gasteiger partial charge in [0.1, 0.15) is 0 Å². The lowest BCUT2D eigenvalue weighted by molar-refractivity contribution is 0.0595. The van der Waals surface area contributed by atoms with Crippen molar-refractivity contribution in [3.05, 3.63) is 35.4 Å². The smallest absolute Gasteiger partial charge is 0.261 e. The summed E-state index contributed by atoms with van der Waals surface area (Å²) in [6, 6.07) is 8.63. The Labute approximate surface area is 149 Å². The molecule has 2 amide bonds. The van der Waals surface area contributed by atoms with Crippen LogP contribution >= 0.6 is 0 Å². The summed E-state index contributed by atoms with van der Waals surface area (Å²) >= 11 is 0. The third-order valence-electron chi connectivity index (χ3n) is 7.12. The Morgan fingerprint density at radius 3 is 2.32 bits per heavy atom. The molecule has 4 nitrogen and oxygen atoms in total. The van der Waals surface area contributed by atoms with Crippen molar-refractivity contribution in [1.82, 2.24) is 10.2 Å². The maximum absolute atomic E-state index is 12.6. The van der Waals surface area contributed by atoms with Crippen molar-refractivity contribution in [2.75, 3.05) is 6.54 Å². The molecule has 2 heterocycles. The Bertz CT molecular complexity index is 681. The average Bonchev–Trinajstić information content (AvgIpc) is 3.13. The number of benzene rings is 1. The third-order valence-corrected chi connectivity index (χ3v) is 7.12. The van der Waals surface area contributed by atoms with Gasteiger partial charge in [0.15, 0.2) is 0 Å². The highest BCUT2D eigenvalue weighted by molar-refractivity contribution is 6.21. The number of amides is 2. The van der Waals surface area contributed by atoms with Gasteiger partial charge in [-0.2, -0.15) is 0 Å². The zero-order valence-electron chi connectivity index (χ0n) is 14.6. The molecule has 5 unspecified atom stereocenters. The Hall–Kier alpha value is -1.68. The fourth-order valence-electron chi connectivity index (χ4n) is 5.96. The van der Waals surface area contributed by atoms with Gasteiger partial charge in [0.2, 0.25) is 0 Å². The molecule has 4 aliphatic rings. The van der Waals surface area contributed by atoms with E-state index in [-0.39, 0.29) is 11.8 Å². The molecule has 1 saturated heterocycles. The Morgan fingerprint density at radius 2 is 1.56 bits per heavy atom. The summed E-state index contributed by atoms with van der Waals surface area (Å²) in [5.74, 6) is 1.85. The van der Waals surface area contributed by atoms with Gasteiger partial charge in [0.25, 0.3) is 11.8 Å². The quantitative estimate of drug-likeness (QED) is 0.842. The fraction of sp³-hybridized carbons (Fsp3) is 0.619. The normalized spacial score (nSPS) is 37.0. The van der Waals surface area contributed by atoms with E-state index >= 15 is 0 Å². The van der Waals surface area contributed by atoms with E-state index in [9.17, 15) is 9.59 Å². The summed E-state index contributed by atoms with van der Waals surface area (Å²) in [5, 5.41) is 3.89. The van der Waals surface area contributed by atoms with Crippen LogP contribution in [0.1, 0.15) is 65.7 Å². The van der Waals surface area contributed by atoms with Crippen molar-refractivity contribution < 1.29 is 9.59 Å². The standard InChI is InChI=1S/C21H26N2O2/c24-20-15-6-1-2-7-16(15)21(25)23(20)12-13-9-10-19-17(11-13)14-5-3-4-8-18(14)22-19/h1-2,6-7,13-14,17-19,22H,3-5,8-12H2. The summed E-state index contributed by atoms with van der Waals surface area (Å²) < 4.78 is 0. The van der Waals surface area contributed by atoms with Gasteiger partial charge in [-0.15, -0.1) is 0 Å². The molecule has 132 valence electrons. The largest absolute Gasteiger partial charge is 0.311 e. The van der Waals surface area contributed by atoms with Gasteiger partial charge in [0.05, 0.1) is 11.1 Å². The van der Waals surface area contributed by atoms with Crippen molar-refractivity contribution in [3.8, 4) is 0 Å². The molecular formula is C21H26N2O2. The number of rotatable bonds is 2. The Kier molecular flexibility index (Phi) is 3.70. The first kappa shape index (κ1) is 15.6. The van der Waals surface area contributed by atoms with E-state index in [1.807, 2.05) is 12.1 Å². The predicted molar refractivity (Wildman–Crippen MR) is 95.3 cm³/mol. The topological polar surface area (TPSA) is 49.4 Å². The molecule has 5 atom stereocenters. The van der Waals surface area contributed by atoms with Gasteiger partial charge < -0.3 is 5.32 Å². The first-order valence-corrected chi connectivity index (χ1v) is 9.93. The molecule has 1 aromatic rings. The van der Waals surface area contributed by atoms with Crippen LogP contribution in [0.25, 0.3) is 0 Å². The first-order valence-electron chi connectivity index (χ1n) is 9.93. The van der Waals surface area contributed by atoms with Crippen LogP contribution in [0.2, 0.25) is 0 Å². The molecule has 2 aliphatic carbocycles. The minimum absolute atomic E-state index is 0.0946. The highest BCUT2D eigenvalue weighted by Gasteiger charge is 2.47. The average molecular weight is 338 g/mol. The van der Waals surface area contributed by atoms with E-state index in [1.165, 1.54) is 43.4 Å². The third kappa shape index (κ3) is 2.45. The SMILES string of the molecule is O=C1c2ccccc2C(=O)N1CC1CCC2NC3CCCCC3C2C1. The molecule has 0 aromatic heterocycles. The molecular weight excluding hydrogens is 312 g/mol. The molecule has 0 radical (unpaired) electrons. The van der Waals surface area contributed by atoms with Gasteiger partial charge in [0, 0.05) is 18.6 Å².